The molecule has 0 atom stereocenters. The van der Waals surface area contributed by atoms with Gasteiger partial charge in [0.25, 0.3) is 5.56 Å². The molecule has 0 saturated heterocycles. The Morgan fingerprint density at radius 1 is 1.00 bits per heavy atom. The number of aromatic amines is 1. The predicted molar refractivity (Wildman–Crippen MR) is 93.3 cm³/mol. The number of pyridine rings is 1. The van der Waals surface area contributed by atoms with Crippen molar-refractivity contribution in [2.24, 2.45) is 17.3 Å². The number of para-hydroxylation sites is 2. The number of rotatable bonds is 2. The average molecular weight is 318 g/mol. The fourth-order valence-electron chi connectivity index (χ4n) is 2.79. The highest BCUT2D eigenvalue weighted by Crippen LogP contribution is 2.36. The number of hydrogen-bond donors (Lipinski definition) is 2. The van der Waals surface area contributed by atoms with Gasteiger partial charge in [-0.15, -0.1) is 10.2 Å². The van der Waals surface area contributed by atoms with Crippen molar-refractivity contribution in [2.45, 2.75) is 0 Å². The largest absolute Gasteiger partial charge is 0.493 e. The number of nitrogens with one attached hydrogen (secondary N) is 1. The molecule has 2 heterocycles. The molecule has 0 spiro atoms. The molecule has 2 N–H and O–H groups in total. The molecule has 0 bridgehead atoms. The van der Waals surface area contributed by atoms with Crippen LogP contribution in [0.4, 0.5) is 11.4 Å². The van der Waals surface area contributed by atoms with Crippen LogP contribution in [0.2, 0.25) is 0 Å². The zero-order valence-electron chi connectivity index (χ0n) is 12.9. The van der Waals surface area contributed by atoms with E-state index < -0.39 is 0 Å². The van der Waals surface area contributed by atoms with Gasteiger partial charge in [0.15, 0.2) is 5.69 Å². The first-order valence-electron chi connectivity index (χ1n) is 7.45. The van der Waals surface area contributed by atoms with E-state index in [1.165, 1.54) is 6.07 Å². The van der Waals surface area contributed by atoms with Crippen LogP contribution in [-0.4, -0.2) is 14.7 Å². The minimum atomic E-state index is -0.161. The molecule has 0 radical (unpaired) electrons. The molecule has 2 aromatic heterocycles. The Hall–Kier alpha value is -3.41. The Morgan fingerprint density at radius 2 is 1.71 bits per heavy atom. The fraction of sp³-hybridized carbons (Fsp3) is 0.0556. The molecule has 0 aliphatic carbocycles. The van der Waals surface area contributed by atoms with E-state index in [1.54, 1.807) is 11.6 Å². The number of H-pyrrole nitrogens is 1. The lowest BCUT2D eigenvalue weighted by Gasteiger charge is -2.05. The topological polar surface area (TPSA) is 82.7 Å². The fourth-order valence-corrected chi connectivity index (χ4v) is 2.79. The van der Waals surface area contributed by atoms with Gasteiger partial charge in [0.2, 0.25) is 5.88 Å². The molecule has 118 valence electrons. The average Bonchev–Trinajstić information content (AvgIpc) is 2.92. The third-order valence-corrected chi connectivity index (χ3v) is 4.05. The minimum Gasteiger partial charge on any atom is -0.493 e. The highest BCUT2D eigenvalue weighted by Gasteiger charge is 2.10. The van der Waals surface area contributed by atoms with Crippen LogP contribution in [0.3, 0.4) is 0 Å². The predicted octanol–water partition coefficient (Wildman–Crippen LogP) is 4.14. The van der Waals surface area contributed by atoms with Gasteiger partial charge in [0.1, 0.15) is 5.69 Å². The van der Waals surface area contributed by atoms with E-state index in [2.05, 4.69) is 15.2 Å². The Morgan fingerprint density at radius 3 is 2.54 bits per heavy atom. The van der Waals surface area contributed by atoms with Crippen molar-refractivity contribution < 1.29 is 5.11 Å². The number of benzene rings is 2. The number of aromatic hydroxyl groups is 1. The van der Waals surface area contributed by atoms with Crippen LogP contribution >= 0.6 is 0 Å². The Kier molecular flexibility index (Phi) is 3.16. The summed E-state index contributed by atoms with van der Waals surface area (Å²) in [6.07, 6.45) is 0. The molecule has 0 unspecified atom stereocenters. The van der Waals surface area contributed by atoms with Crippen LogP contribution in [0.1, 0.15) is 0 Å². The van der Waals surface area contributed by atoms with E-state index in [4.69, 9.17) is 0 Å². The van der Waals surface area contributed by atoms with Crippen molar-refractivity contribution in [3.05, 3.63) is 65.0 Å². The molecule has 0 aliphatic rings. The Labute approximate surface area is 136 Å². The Bertz CT molecular complexity index is 1150. The monoisotopic (exact) mass is 318 g/mol. The number of hydrogen-bond acceptors (Lipinski definition) is 4. The second-order valence-electron chi connectivity index (χ2n) is 5.51. The zero-order chi connectivity index (χ0) is 16.7. The van der Waals surface area contributed by atoms with Crippen molar-refractivity contribution >= 4 is 33.2 Å². The van der Waals surface area contributed by atoms with Gasteiger partial charge in [-0.2, -0.15) is 0 Å². The summed E-state index contributed by atoms with van der Waals surface area (Å²) in [6.45, 7) is 0. The van der Waals surface area contributed by atoms with Crippen LogP contribution in [0.15, 0.2) is 69.6 Å². The molecule has 6 nitrogen and oxygen atoms in total. The van der Waals surface area contributed by atoms with Crippen molar-refractivity contribution in [3.8, 4) is 5.88 Å². The molecule has 0 fully saturated rings. The number of nitrogens with zero attached hydrogens (tertiary/aromatic N) is 3. The van der Waals surface area contributed by atoms with E-state index in [9.17, 15) is 9.90 Å². The molecular weight excluding hydrogens is 304 g/mol. The van der Waals surface area contributed by atoms with Gasteiger partial charge in [-0.25, -0.2) is 0 Å². The van der Waals surface area contributed by atoms with Crippen LogP contribution in [-0.2, 0) is 7.05 Å². The summed E-state index contributed by atoms with van der Waals surface area (Å²) < 4.78 is 1.57. The van der Waals surface area contributed by atoms with Gasteiger partial charge in [0.05, 0.1) is 11.0 Å². The standard InChI is InChI=1S/C18H14N4O2/c1-22-15-9-5-3-6-11(15)14(10-16(22)23)20-21-17-12-7-2-4-8-13(12)19-18(17)24/h2-10,19,24H,1H3. The van der Waals surface area contributed by atoms with Gasteiger partial charge in [-0.1, -0.05) is 36.4 Å². The van der Waals surface area contributed by atoms with Crippen LogP contribution in [0.25, 0.3) is 21.8 Å². The van der Waals surface area contributed by atoms with Crippen LogP contribution in [0, 0.1) is 0 Å². The van der Waals surface area contributed by atoms with E-state index in [1.807, 2.05) is 48.5 Å². The lowest BCUT2D eigenvalue weighted by atomic mass is 10.2. The first-order chi connectivity index (χ1) is 11.6. The van der Waals surface area contributed by atoms with Crippen molar-refractivity contribution in [2.75, 3.05) is 0 Å². The summed E-state index contributed by atoms with van der Waals surface area (Å²) in [5, 5.41) is 20.0. The molecule has 0 amide bonds. The van der Waals surface area contributed by atoms with Crippen molar-refractivity contribution in [3.63, 3.8) is 0 Å². The quantitative estimate of drug-likeness (QED) is 0.544. The van der Waals surface area contributed by atoms with Gasteiger partial charge >= 0.3 is 0 Å². The number of fused-ring (bicyclic) bond motifs is 2. The summed E-state index contributed by atoms with van der Waals surface area (Å²) in [5.41, 5.74) is 2.22. The summed E-state index contributed by atoms with van der Waals surface area (Å²) in [6, 6.07) is 16.4. The normalized spacial score (nSPS) is 11.7. The second-order valence-corrected chi connectivity index (χ2v) is 5.51. The molecule has 4 aromatic rings. The first kappa shape index (κ1) is 14.2. The van der Waals surface area contributed by atoms with Gasteiger partial charge in [-0.3, -0.25) is 4.79 Å². The van der Waals surface area contributed by atoms with Crippen LogP contribution < -0.4 is 5.56 Å². The summed E-state index contributed by atoms with van der Waals surface area (Å²) in [7, 11) is 1.72. The highest BCUT2D eigenvalue weighted by molar-refractivity contribution is 5.94. The number of aromatic nitrogens is 2. The van der Waals surface area contributed by atoms with E-state index in [0.29, 0.717) is 11.4 Å². The van der Waals surface area contributed by atoms with Gasteiger partial charge < -0.3 is 14.7 Å². The minimum absolute atomic E-state index is 0.0481. The molecule has 4 rings (SSSR count). The molecular formula is C18H14N4O2. The maximum atomic E-state index is 12.1. The highest BCUT2D eigenvalue weighted by atomic mass is 16.3. The molecule has 0 saturated carbocycles. The first-order valence-corrected chi connectivity index (χ1v) is 7.45. The SMILES string of the molecule is Cn1c(=O)cc(N=Nc2c(O)[nH]c3ccccc23)c2ccccc21. The summed E-state index contributed by atoms with van der Waals surface area (Å²) in [5.74, 6) is -0.0481. The van der Waals surface area contributed by atoms with E-state index in [0.717, 1.165) is 21.8 Å². The molecule has 6 heteroatoms. The maximum absolute atomic E-state index is 12.1. The van der Waals surface area contributed by atoms with Gasteiger partial charge in [-0.05, 0) is 12.1 Å². The zero-order valence-corrected chi connectivity index (χ0v) is 12.9. The summed E-state index contributed by atoms with van der Waals surface area (Å²) in [4.78, 5) is 15.0. The number of aryl methyl sites for hydroxylation is 1. The molecule has 24 heavy (non-hydrogen) atoms. The second kappa shape index (κ2) is 5.34. The lowest BCUT2D eigenvalue weighted by molar-refractivity contribution is 0.459. The third-order valence-electron chi connectivity index (χ3n) is 4.05. The van der Waals surface area contributed by atoms with E-state index >= 15 is 0 Å². The molecule has 0 aliphatic heterocycles. The Balaban J connectivity index is 1.90. The van der Waals surface area contributed by atoms with E-state index in [-0.39, 0.29) is 11.4 Å². The van der Waals surface area contributed by atoms with Crippen molar-refractivity contribution in [1.82, 2.24) is 9.55 Å². The summed E-state index contributed by atoms with van der Waals surface area (Å²) >= 11 is 0. The smallest absolute Gasteiger partial charge is 0.252 e. The third kappa shape index (κ3) is 2.16. The van der Waals surface area contributed by atoms with Gasteiger partial charge in [0, 0.05) is 23.9 Å². The maximum Gasteiger partial charge on any atom is 0.252 e. The number of azo groups is 1. The van der Waals surface area contributed by atoms with Crippen LogP contribution in [0.5, 0.6) is 5.88 Å². The molecule has 2 aromatic carbocycles. The van der Waals surface area contributed by atoms with Crippen molar-refractivity contribution in [1.29, 1.82) is 0 Å². The lowest BCUT2D eigenvalue weighted by Crippen LogP contribution is -2.15.